The second kappa shape index (κ2) is 6.29. The highest BCUT2D eigenvalue weighted by Gasteiger charge is 2.32. The average Bonchev–Trinajstić information content (AvgIpc) is 2.98. The Bertz CT molecular complexity index is 979. The van der Waals surface area contributed by atoms with E-state index in [1.54, 1.807) is 23.9 Å². The molecule has 0 aliphatic carbocycles. The minimum Gasteiger partial charge on any atom is -0.497 e. The number of benzene rings is 2. The van der Waals surface area contributed by atoms with Crippen LogP contribution in [0.5, 0.6) is 5.75 Å². The maximum Gasteiger partial charge on any atom is 0.226 e. The molecule has 0 radical (unpaired) electrons. The predicted octanol–water partition coefficient (Wildman–Crippen LogP) is 3.80. The molecule has 1 atom stereocenters. The van der Waals surface area contributed by atoms with Crippen molar-refractivity contribution >= 4 is 11.7 Å². The molecule has 0 fully saturated rings. The number of ether oxygens (including phenoxy) is 1. The number of nitrogens with one attached hydrogen (secondary N) is 1. The van der Waals surface area contributed by atoms with Crippen LogP contribution >= 0.6 is 0 Å². The zero-order valence-electron chi connectivity index (χ0n) is 14.5. The molecule has 26 heavy (non-hydrogen) atoms. The summed E-state index contributed by atoms with van der Waals surface area (Å²) in [6, 6.07) is 13.8. The molecule has 2 heterocycles. The van der Waals surface area contributed by atoms with Crippen LogP contribution in [0.25, 0.3) is 5.69 Å². The number of amides is 1. The molecule has 4 rings (SSSR count). The van der Waals surface area contributed by atoms with Crippen LogP contribution < -0.4 is 10.1 Å². The topological polar surface area (TPSA) is 56.1 Å². The van der Waals surface area contributed by atoms with Crippen LogP contribution in [-0.2, 0) is 4.79 Å². The molecular weight excluding hydrogens is 333 g/mol. The Morgan fingerprint density at radius 2 is 2.00 bits per heavy atom. The zero-order valence-corrected chi connectivity index (χ0v) is 14.5. The van der Waals surface area contributed by atoms with Gasteiger partial charge in [0.05, 0.1) is 18.5 Å². The number of anilines is 1. The third-order valence-electron chi connectivity index (χ3n) is 4.67. The lowest BCUT2D eigenvalue weighted by Gasteiger charge is -2.24. The summed E-state index contributed by atoms with van der Waals surface area (Å²) in [7, 11) is 1.62. The summed E-state index contributed by atoms with van der Waals surface area (Å²) in [5.41, 5.74) is 3.50. The Labute approximate surface area is 150 Å². The van der Waals surface area contributed by atoms with Gasteiger partial charge in [0.25, 0.3) is 0 Å². The first-order valence-corrected chi connectivity index (χ1v) is 8.36. The van der Waals surface area contributed by atoms with Crippen LogP contribution in [0.4, 0.5) is 10.2 Å². The number of hydrogen-bond donors (Lipinski definition) is 1. The summed E-state index contributed by atoms with van der Waals surface area (Å²) in [4.78, 5) is 12.4. The molecule has 0 saturated carbocycles. The molecule has 5 nitrogen and oxygen atoms in total. The molecule has 1 aliphatic rings. The minimum absolute atomic E-state index is 0.0754. The van der Waals surface area contributed by atoms with Gasteiger partial charge in [0.15, 0.2) is 0 Å². The fraction of sp³-hybridized carbons (Fsp3) is 0.200. The Balaban J connectivity index is 1.85. The van der Waals surface area contributed by atoms with Crippen LogP contribution in [0, 0.1) is 12.7 Å². The first kappa shape index (κ1) is 16.3. The second-order valence-electron chi connectivity index (χ2n) is 6.32. The van der Waals surface area contributed by atoms with E-state index in [0.29, 0.717) is 17.9 Å². The lowest BCUT2D eigenvalue weighted by molar-refractivity contribution is -0.116. The standard InChI is InChI=1S/C20H18FN3O2/c1-12-19-17(13-4-3-5-16(10-13)26-2)11-18(25)22-20(19)24(23-12)15-8-6-14(21)7-9-15/h3-10,17H,11H2,1-2H3,(H,22,25)/t17-/m0/s1. The van der Waals surface area contributed by atoms with Gasteiger partial charge in [-0.25, -0.2) is 9.07 Å². The van der Waals surface area contributed by atoms with Crippen LogP contribution in [0.15, 0.2) is 48.5 Å². The molecule has 1 aliphatic heterocycles. The van der Waals surface area contributed by atoms with Gasteiger partial charge >= 0.3 is 0 Å². The predicted molar refractivity (Wildman–Crippen MR) is 96.3 cm³/mol. The Hall–Kier alpha value is -3.15. The number of halogens is 1. The van der Waals surface area contributed by atoms with Crippen molar-refractivity contribution in [2.24, 2.45) is 0 Å². The normalized spacial score (nSPS) is 16.1. The quantitative estimate of drug-likeness (QED) is 0.781. The van der Waals surface area contributed by atoms with E-state index in [0.717, 1.165) is 22.6 Å². The molecule has 132 valence electrons. The number of aromatic nitrogens is 2. The molecule has 1 N–H and O–H groups in total. The number of carbonyl (C=O) groups excluding carboxylic acids is 1. The Kier molecular flexibility index (Phi) is 3.95. The minimum atomic E-state index is -0.315. The van der Waals surface area contributed by atoms with Gasteiger partial charge in [0, 0.05) is 17.9 Å². The van der Waals surface area contributed by atoms with Gasteiger partial charge in [-0.15, -0.1) is 0 Å². The number of nitrogens with zero attached hydrogens (tertiary/aromatic N) is 2. The van der Waals surface area contributed by atoms with Gasteiger partial charge in [-0.3, -0.25) is 4.79 Å². The van der Waals surface area contributed by atoms with E-state index in [1.807, 2.05) is 31.2 Å². The van der Waals surface area contributed by atoms with Crippen molar-refractivity contribution < 1.29 is 13.9 Å². The van der Waals surface area contributed by atoms with Gasteiger partial charge in [0.2, 0.25) is 5.91 Å². The Morgan fingerprint density at radius 3 is 2.73 bits per heavy atom. The fourth-order valence-corrected chi connectivity index (χ4v) is 3.46. The van der Waals surface area contributed by atoms with Gasteiger partial charge in [0.1, 0.15) is 17.4 Å². The van der Waals surface area contributed by atoms with E-state index in [9.17, 15) is 9.18 Å². The summed E-state index contributed by atoms with van der Waals surface area (Å²) >= 11 is 0. The van der Waals surface area contributed by atoms with E-state index in [-0.39, 0.29) is 17.6 Å². The summed E-state index contributed by atoms with van der Waals surface area (Å²) < 4.78 is 20.2. The number of fused-ring (bicyclic) bond motifs is 1. The van der Waals surface area contributed by atoms with E-state index in [1.165, 1.54) is 12.1 Å². The monoisotopic (exact) mass is 351 g/mol. The second-order valence-corrected chi connectivity index (χ2v) is 6.32. The molecule has 6 heteroatoms. The van der Waals surface area contributed by atoms with E-state index >= 15 is 0 Å². The van der Waals surface area contributed by atoms with Crippen LogP contribution in [0.3, 0.4) is 0 Å². The third-order valence-corrected chi connectivity index (χ3v) is 4.67. The van der Waals surface area contributed by atoms with Crippen molar-refractivity contribution in [3.8, 4) is 11.4 Å². The van der Waals surface area contributed by atoms with Crippen molar-refractivity contribution in [3.05, 3.63) is 71.2 Å². The first-order chi connectivity index (χ1) is 12.6. The molecule has 0 spiro atoms. The summed E-state index contributed by atoms with van der Waals surface area (Å²) in [5.74, 6) is 0.887. The molecular formula is C20H18FN3O2. The zero-order chi connectivity index (χ0) is 18.3. The summed E-state index contributed by atoms with van der Waals surface area (Å²) in [6.07, 6.45) is 0.343. The molecule has 0 saturated heterocycles. The first-order valence-electron chi connectivity index (χ1n) is 8.36. The number of carbonyl (C=O) groups is 1. The van der Waals surface area contributed by atoms with E-state index < -0.39 is 0 Å². The molecule has 2 aromatic carbocycles. The third kappa shape index (κ3) is 2.73. The van der Waals surface area contributed by atoms with Gasteiger partial charge < -0.3 is 10.1 Å². The largest absolute Gasteiger partial charge is 0.497 e. The highest BCUT2D eigenvalue weighted by atomic mass is 19.1. The summed E-state index contributed by atoms with van der Waals surface area (Å²) in [5, 5.41) is 7.52. The molecule has 1 aromatic heterocycles. The van der Waals surface area contributed by atoms with E-state index in [4.69, 9.17) is 4.74 Å². The van der Waals surface area contributed by atoms with Crippen molar-refractivity contribution in [2.75, 3.05) is 12.4 Å². The highest BCUT2D eigenvalue weighted by Crippen LogP contribution is 2.40. The molecule has 0 bridgehead atoms. The van der Waals surface area contributed by atoms with Gasteiger partial charge in [-0.1, -0.05) is 12.1 Å². The number of hydrogen-bond acceptors (Lipinski definition) is 3. The van der Waals surface area contributed by atoms with Gasteiger partial charge in [-0.05, 0) is 48.9 Å². The summed E-state index contributed by atoms with van der Waals surface area (Å²) in [6.45, 7) is 1.92. The van der Waals surface area contributed by atoms with Crippen LogP contribution in [0.1, 0.15) is 29.2 Å². The van der Waals surface area contributed by atoms with Crippen molar-refractivity contribution in [3.63, 3.8) is 0 Å². The number of aryl methyl sites for hydroxylation is 1. The fourth-order valence-electron chi connectivity index (χ4n) is 3.46. The van der Waals surface area contributed by atoms with Crippen LogP contribution in [-0.4, -0.2) is 22.8 Å². The number of rotatable bonds is 3. The maximum absolute atomic E-state index is 13.3. The van der Waals surface area contributed by atoms with Crippen molar-refractivity contribution in [2.45, 2.75) is 19.3 Å². The van der Waals surface area contributed by atoms with E-state index in [2.05, 4.69) is 10.4 Å². The molecule has 3 aromatic rings. The average molecular weight is 351 g/mol. The molecule has 1 amide bonds. The lowest BCUT2D eigenvalue weighted by atomic mass is 9.85. The smallest absolute Gasteiger partial charge is 0.226 e. The molecule has 0 unspecified atom stereocenters. The SMILES string of the molecule is COc1cccc([C@@H]2CC(=O)Nc3c2c(C)nn3-c2ccc(F)cc2)c1. The van der Waals surface area contributed by atoms with Crippen molar-refractivity contribution in [1.29, 1.82) is 0 Å². The Morgan fingerprint density at radius 1 is 1.23 bits per heavy atom. The van der Waals surface area contributed by atoms with Crippen molar-refractivity contribution in [1.82, 2.24) is 9.78 Å². The maximum atomic E-state index is 13.3. The van der Waals surface area contributed by atoms with Crippen LogP contribution in [0.2, 0.25) is 0 Å². The highest BCUT2D eigenvalue weighted by molar-refractivity contribution is 5.95. The lowest BCUT2D eigenvalue weighted by Crippen LogP contribution is -2.25. The van der Waals surface area contributed by atoms with Gasteiger partial charge in [-0.2, -0.15) is 5.10 Å². The number of methoxy groups -OCH3 is 1.